The number of thiophene rings is 2. The molecule has 2 N–H and O–H groups in total. The Bertz CT molecular complexity index is 624. The molecule has 3 rings (SSSR count). The largest absolute Gasteiger partial charge is 0.326 e. The van der Waals surface area contributed by atoms with Gasteiger partial charge in [0.25, 0.3) is 0 Å². The first-order valence-corrected chi connectivity index (χ1v) is 7.94. The lowest BCUT2D eigenvalue weighted by atomic mass is 10.0. The monoisotopic (exact) mass is 289 g/mol. The van der Waals surface area contributed by atoms with E-state index in [1.807, 2.05) is 25.4 Å². The third-order valence-corrected chi connectivity index (χ3v) is 4.66. The van der Waals surface area contributed by atoms with Gasteiger partial charge in [-0.15, -0.1) is 11.3 Å². The molecule has 0 spiro atoms. The molecule has 0 saturated heterocycles. The Hall–Kier alpha value is -1.43. The molecule has 0 aliphatic carbocycles. The molecule has 5 heteroatoms. The van der Waals surface area contributed by atoms with Crippen molar-refractivity contribution < 1.29 is 0 Å². The highest BCUT2D eigenvalue weighted by Gasteiger charge is 2.22. The molecule has 0 fully saturated rings. The molecule has 0 amide bonds. The Morgan fingerprint density at radius 2 is 2.21 bits per heavy atom. The van der Waals surface area contributed by atoms with Crippen molar-refractivity contribution in [3.05, 3.63) is 52.3 Å². The Morgan fingerprint density at radius 3 is 2.84 bits per heavy atom. The van der Waals surface area contributed by atoms with E-state index in [0.29, 0.717) is 0 Å². The highest BCUT2D eigenvalue weighted by molar-refractivity contribution is 7.13. The quantitative estimate of drug-likeness (QED) is 0.797. The van der Waals surface area contributed by atoms with Crippen molar-refractivity contribution in [3.8, 4) is 10.7 Å². The third-order valence-electron chi connectivity index (χ3n) is 3.09. The van der Waals surface area contributed by atoms with Crippen LogP contribution in [0.25, 0.3) is 10.7 Å². The van der Waals surface area contributed by atoms with E-state index in [9.17, 15) is 0 Å². The van der Waals surface area contributed by atoms with E-state index < -0.39 is 0 Å². The van der Waals surface area contributed by atoms with Crippen molar-refractivity contribution >= 4 is 22.7 Å². The average Bonchev–Trinajstić information content (AvgIpc) is 3.11. The molecule has 2 unspecified atom stereocenters. The summed E-state index contributed by atoms with van der Waals surface area (Å²) in [6, 6.07) is 6.44. The molecule has 3 heterocycles. The minimum Gasteiger partial charge on any atom is -0.326 e. The Labute approximate surface area is 120 Å². The van der Waals surface area contributed by atoms with Gasteiger partial charge in [-0.05, 0) is 40.8 Å². The van der Waals surface area contributed by atoms with Crippen LogP contribution >= 0.6 is 22.7 Å². The molecule has 0 aliphatic rings. The topological polar surface area (TPSA) is 43.8 Å². The normalized spacial score (nSPS) is 14.4. The maximum Gasteiger partial charge on any atom is 0.150 e. The van der Waals surface area contributed by atoms with Gasteiger partial charge in [0.15, 0.2) is 5.82 Å². The fourth-order valence-electron chi connectivity index (χ4n) is 2.29. The van der Waals surface area contributed by atoms with Crippen LogP contribution in [-0.2, 0) is 0 Å². The fraction of sp³-hybridized carbons (Fsp3) is 0.214. The summed E-state index contributed by atoms with van der Waals surface area (Å²) < 4.78 is 2.18. The van der Waals surface area contributed by atoms with Crippen LogP contribution in [0.1, 0.15) is 18.5 Å². The molecule has 2 atom stereocenters. The van der Waals surface area contributed by atoms with Gasteiger partial charge in [0.05, 0.1) is 10.9 Å². The first-order valence-electron chi connectivity index (χ1n) is 6.12. The van der Waals surface area contributed by atoms with E-state index in [2.05, 4.69) is 37.8 Å². The summed E-state index contributed by atoms with van der Waals surface area (Å²) in [6.07, 6.45) is 3.86. The van der Waals surface area contributed by atoms with Gasteiger partial charge in [0.1, 0.15) is 0 Å². The van der Waals surface area contributed by atoms with Crippen molar-refractivity contribution in [2.45, 2.75) is 19.0 Å². The number of imidazole rings is 1. The highest BCUT2D eigenvalue weighted by atomic mass is 32.1. The Kier molecular flexibility index (Phi) is 3.50. The second-order valence-corrected chi connectivity index (χ2v) is 6.22. The Balaban J connectivity index is 2.08. The third kappa shape index (κ3) is 2.36. The summed E-state index contributed by atoms with van der Waals surface area (Å²) in [4.78, 5) is 5.67. The number of aromatic nitrogens is 2. The number of nitrogens with zero attached hydrogens (tertiary/aromatic N) is 2. The van der Waals surface area contributed by atoms with Crippen LogP contribution in [0.15, 0.2) is 46.7 Å². The molecule has 0 aromatic carbocycles. The summed E-state index contributed by atoms with van der Waals surface area (Å²) >= 11 is 3.40. The van der Waals surface area contributed by atoms with E-state index in [0.717, 1.165) is 5.82 Å². The first kappa shape index (κ1) is 12.6. The van der Waals surface area contributed by atoms with Crippen LogP contribution in [0.5, 0.6) is 0 Å². The number of hydrogen-bond donors (Lipinski definition) is 1. The number of nitrogens with two attached hydrogens (primary N) is 1. The standard InChI is InChI=1S/C14H15N3S2/c1-10(15)13(11-4-8-18-9-11)17-6-5-16-14(17)12-3-2-7-19-12/h2-10,13H,15H2,1H3. The molecule has 0 radical (unpaired) electrons. The van der Waals surface area contributed by atoms with Gasteiger partial charge in [0.2, 0.25) is 0 Å². The highest BCUT2D eigenvalue weighted by Crippen LogP contribution is 2.30. The van der Waals surface area contributed by atoms with Gasteiger partial charge in [-0.25, -0.2) is 4.98 Å². The SMILES string of the molecule is CC(N)C(c1ccsc1)n1ccnc1-c1cccs1. The van der Waals surface area contributed by atoms with Crippen molar-refractivity contribution in [1.82, 2.24) is 9.55 Å². The second-order valence-electron chi connectivity index (χ2n) is 4.50. The van der Waals surface area contributed by atoms with Gasteiger partial charge in [-0.1, -0.05) is 6.07 Å². The molecule has 3 aromatic rings. The average molecular weight is 289 g/mol. The zero-order valence-electron chi connectivity index (χ0n) is 10.6. The molecular weight excluding hydrogens is 274 g/mol. The van der Waals surface area contributed by atoms with Crippen LogP contribution in [0, 0.1) is 0 Å². The van der Waals surface area contributed by atoms with Gasteiger partial charge in [-0.2, -0.15) is 11.3 Å². The molecule has 3 aromatic heterocycles. The maximum absolute atomic E-state index is 6.20. The van der Waals surface area contributed by atoms with Crippen molar-refractivity contribution in [2.24, 2.45) is 5.73 Å². The van der Waals surface area contributed by atoms with Crippen LogP contribution in [0.3, 0.4) is 0 Å². The van der Waals surface area contributed by atoms with Gasteiger partial charge < -0.3 is 10.3 Å². The molecule has 19 heavy (non-hydrogen) atoms. The molecule has 3 nitrogen and oxygen atoms in total. The summed E-state index contributed by atoms with van der Waals surface area (Å²) in [5, 5.41) is 6.32. The summed E-state index contributed by atoms with van der Waals surface area (Å²) in [7, 11) is 0. The van der Waals surface area contributed by atoms with Crippen LogP contribution in [-0.4, -0.2) is 15.6 Å². The van der Waals surface area contributed by atoms with E-state index in [1.165, 1.54) is 10.4 Å². The molecule has 0 aliphatic heterocycles. The molecule has 0 saturated carbocycles. The molecular formula is C14H15N3S2. The molecule has 98 valence electrons. The maximum atomic E-state index is 6.20. The van der Waals surface area contributed by atoms with E-state index in [1.54, 1.807) is 22.7 Å². The minimum atomic E-state index is 0.0301. The van der Waals surface area contributed by atoms with E-state index in [-0.39, 0.29) is 12.1 Å². The van der Waals surface area contributed by atoms with E-state index in [4.69, 9.17) is 5.73 Å². The lowest BCUT2D eigenvalue weighted by molar-refractivity contribution is 0.502. The van der Waals surface area contributed by atoms with Gasteiger partial charge in [-0.3, -0.25) is 0 Å². The summed E-state index contributed by atoms with van der Waals surface area (Å²) in [6.45, 7) is 2.04. The van der Waals surface area contributed by atoms with Crippen molar-refractivity contribution in [2.75, 3.05) is 0 Å². The Morgan fingerprint density at radius 1 is 1.32 bits per heavy atom. The minimum absolute atomic E-state index is 0.0301. The zero-order valence-corrected chi connectivity index (χ0v) is 12.2. The van der Waals surface area contributed by atoms with Crippen LogP contribution < -0.4 is 5.73 Å². The van der Waals surface area contributed by atoms with Crippen molar-refractivity contribution in [1.29, 1.82) is 0 Å². The number of hydrogen-bond acceptors (Lipinski definition) is 4. The lowest BCUT2D eigenvalue weighted by Gasteiger charge is -2.23. The van der Waals surface area contributed by atoms with Gasteiger partial charge in [0, 0.05) is 18.4 Å². The smallest absolute Gasteiger partial charge is 0.150 e. The van der Waals surface area contributed by atoms with Crippen LogP contribution in [0.4, 0.5) is 0 Å². The van der Waals surface area contributed by atoms with Gasteiger partial charge >= 0.3 is 0 Å². The zero-order chi connectivity index (χ0) is 13.2. The predicted octanol–water partition coefficient (Wildman–Crippen LogP) is 3.61. The second kappa shape index (κ2) is 5.28. The summed E-state index contributed by atoms with van der Waals surface area (Å²) in [5.74, 6) is 0.989. The lowest BCUT2D eigenvalue weighted by Crippen LogP contribution is -2.30. The van der Waals surface area contributed by atoms with Crippen molar-refractivity contribution in [3.63, 3.8) is 0 Å². The van der Waals surface area contributed by atoms with Crippen LogP contribution in [0.2, 0.25) is 0 Å². The van der Waals surface area contributed by atoms with E-state index >= 15 is 0 Å². The number of rotatable bonds is 4. The summed E-state index contributed by atoms with van der Waals surface area (Å²) in [5.41, 5.74) is 7.45. The first-order chi connectivity index (χ1) is 9.27. The molecule has 0 bridgehead atoms. The fourth-order valence-corrected chi connectivity index (χ4v) is 3.71. The predicted molar refractivity (Wildman–Crippen MR) is 81.6 cm³/mol.